The lowest BCUT2D eigenvalue weighted by molar-refractivity contribution is -0.348. The van der Waals surface area contributed by atoms with Crippen molar-refractivity contribution in [2.24, 2.45) is 0 Å². The van der Waals surface area contributed by atoms with Gasteiger partial charge in [-0.05, 0) is 104 Å². The van der Waals surface area contributed by atoms with Gasteiger partial charge in [-0.25, -0.2) is 38.4 Å². The van der Waals surface area contributed by atoms with E-state index in [1.54, 1.807) is 146 Å². The standard InChI is InChI=1S/C76H66O24/c1-45-89-63-60(100-76-65(99-73(85)53-40-24-9-25-41-53)62(97-71(83)51-36-20-7-21-37-51)59(95-69(81)49-32-16-5-17-33-49)56(93-76)44-87-67(79)47-28-12-3-13-29-47)57(77)54(91-75(63)90-45)42-88-74-64(98-72(84)52-38-22-8-23-39-52)61(96-70(82)50-34-18-6-19-35-50)58(94-68(80)48-30-14-4-15-31-48)55(92-74)43-86-66(78)46-26-10-2-11-27-46/h2-41,45,54-65,74-77H,42-44H2,1H3/t45?,54-,55-,56-,57-,58-,59-,60+,61+,62+,63-,64+,65+,74+,75+,76-/m1/s1. The lowest BCUT2D eigenvalue weighted by Gasteiger charge is -2.47. The summed E-state index contributed by atoms with van der Waals surface area (Å²) >= 11 is 0. The van der Waals surface area contributed by atoms with E-state index in [1.807, 2.05) is 0 Å². The predicted octanol–water partition coefficient (Wildman–Crippen LogP) is 8.75. The Labute approximate surface area is 572 Å². The van der Waals surface area contributed by atoms with Gasteiger partial charge in [-0.2, -0.15) is 0 Å². The topological polar surface area (TPSA) is 295 Å². The van der Waals surface area contributed by atoms with Crippen LogP contribution in [-0.4, -0.2) is 171 Å². The van der Waals surface area contributed by atoms with Gasteiger partial charge < -0.3 is 76.2 Å². The maximum absolute atomic E-state index is 14.6. The molecule has 100 heavy (non-hydrogen) atoms. The van der Waals surface area contributed by atoms with Gasteiger partial charge in [-0.3, -0.25) is 0 Å². The molecule has 8 aromatic rings. The number of esters is 8. The number of carbonyl (C=O) groups is 8. The fraction of sp³-hybridized carbons (Fsp3) is 0.263. The van der Waals surface area contributed by atoms with Gasteiger partial charge in [0.2, 0.25) is 0 Å². The van der Waals surface area contributed by atoms with Crippen molar-refractivity contribution < 1.29 is 115 Å². The predicted molar refractivity (Wildman–Crippen MR) is 346 cm³/mol. The normalized spacial score (nSPS) is 26.0. The zero-order valence-electron chi connectivity index (χ0n) is 53.3. The number of fused-ring (bicyclic) bond motifs is 1. The summed E-state index contributed by atoms with van der Waals surface area (Å²) in [5.41, 5.74) is 0.404. The molecule has 4 saturated heterocycles. The van der Waals surface area contributed by atoms with Gasteiger partial charge >= 0.3 is 47.8 Å². The Kier molecular flexibility index (Phi) is 22.6. The fourth-order valence-electron chi connectivity index (χ4n) is 11.5. The molecule has 0 amide bonds. The van der Waals surface area contributed by atoms with Crippen molar-refractivity contribution in [1.29, 1.82) is 0 Å². The summed E-state index contributed by atoms with van der Waals surface area (Å²) in [6.45, 7) is -0.667. The molecule has 0 saturated carbocycles. The highest BCUT2D eigenvalue weighted by Gasteiger charge is 2.60. The third-order valence-corrected chi connectivity index (χ3v) is 16.5. The van der Waals surface area contributed by atoms with Crippen LogP contribution in [-0.2, 0) is 71.1 Å². The Bertz CT molecular complexity index is 4070. The zero-order valence-corrected chi connectivity index (χ0v) is 53.3. The molecular formula is C76H66O24. The molecule has 16 atom stereocenters. The first-order valence-corrected chi connectivity index (χ1v) is 32.0. The third-order valence-electron chi connectivity index (χ3n) is 16.5. The second-order valence-electron chi connectivity index (χ2n) is 23.2. The average molecular weight is 1360 g/mol. The van der Waals surface area contributed by atoms with Gasteiger partial charge in [0.05, 0.1) is 51.1 Å². The third kappa shape index (κ3) is 16.8. The molecule has 4 aliphatic heterocycles. The molecule has 0 aliphatic carbocycles. The number of ether oxygens (including phenoxy) is 15. The Hall–Kier alpha value is -10.8. The van der Waals surface area contributed by atoms with E-state index in [-0.39, 0.29) is 44.5 Å². The van der Waals surface area contributed by atoms with E-state index >= 15 is 0 Å². The maximum atomic E-state index is 14.6. The van der Waals surface area contributed by atoms with Crippen molar-refractivity contribution in [3.63, 3.8) is 0 Å². The summed E-state index contributed by atoms with van der Waals surface area (Å²) in [6, 6.07) is 62.3. The molecule has 0 spiro atoms. The minimum Gasteiger partial charge on any atom is -0.459 e. The number of hydrogen-bond acceptors (Lipinski definition) is 24. The number of aliphatic hydroxyl groups is 1. The summed E-state index contributed by atoms with van der Waals surface area (Å²) < 4.78 is 94.8. The van der Waals surface area contributed by atoms with Gasteiger partial charge in [0, 0.05) is 0 Å². The number of aliphatic hydroxyl groups excluding tert-OH is 1. The molecule has 0 bridgehead atoms. The van der Waals surface area contributed by atoms with E-state index in [4.69, 9.17) is 71.1 Å². The molecule has 514 valence electrons. The number of benzene rings is 8. The number of hydrogen-bond donors (Lipinski definition) is 1. The lowest BCUT2D eigenvalue weighted by Crippen LogP contribution is -2.66. The highest BCUT2D eigenvalue weighted by molar-refractivity contribution is 5.93. The van der Waals surface area contributed by atoms with Gasteiger partial charge in [0.1, 0.15) is 49.8 Å². The van der Waals surface area contributed by atoms with Crippen molar-refractivity contribution in [3.8, 4) is 0 Å². The molecule has 24 nitrogen and oxygen atoms in total. The van der Waals surface area contributed by atoms with Crippen LogP contribution in [0.4, 0.5) is 0 Å². The quantitative estimate of drug-likeness (QED) is 0.0462. The van der Waals surface area contributed by atoms with Gasteiger partial charge in [0.15, 0.2) is 61.8 Å². The molecule has 4 heterocycles. The van der Waals surface area contributed by atoms with Crippen molar-refractivity contribution >= 4 is 47.8 Å². The molecule has 0 aromatic heterocycles. The zero-order chi connectivity index (χ0) is 69.5. The molecule has 1 N–H and O–H groups in total. The van der Waals surface area contributed by atoms with Crippen LogP contribution in [0.5, 0.6) is 0 Å². The van der Waals surface area contributed by atoms with E-state index in [2.05, 4.69) is 0 Å². The van der Waals surface area contributed by atoms with Crippen LogP contribution in [0.1, 0.15) is 89.8 Å². The monoisotopic (exact) mass is 1360 g/mol. The van der Waals surface area contributed by atoms with Crippen molar-refractivity contribution in [2.45, 2.75) is 105 Å². The molecular weight excluding hydrogens is 1300 g/mol. The van der Waals surface area contributed by atoms with Gasteiger partial charge in [-0.15, -0.1) is 0 Å². The summed E-state index contributed by atoms with van der Waals surface area (Å²) in [4.78, 5) is 114. The maximum Gasteiger partial charge on any atom is 0.338 e. The minimum atomic E-state index is -1.99. The van der Waals surface area contributed by atoms with E-state index in [0.717, 1.165) is 0 Å². The molecule has 24 heteroatoms. The lowest BCUT2D eigenvalue weighted by atomic mass is 9.96. The van der Waals surface area contributed by atoms with Crippen LogP contribution < -0.4 is 0 Å². The van der Waals surface area contributed by atoms with Crippen LogP contribution in [0, 0.1) is 0 Å². The highest BCUT2D eigenvalue weighted by Crippen LogP contribution is 2.39. The van der Waals surface area contributed by atoms with Crippen LogP contribution >= 0.6 is 0 Å². The Balaban J connectivity index is 0.913. The van der Waals surface area contributed by atoms with E-state index in [0.29, 0.717) is 0 Å². The summed E-state index contributed by atoms with van der Waals surface area (Å²) in [5, 5.41) is 12.9. The fourth-order valence-corrected chi connectivity index (χ4v) is 11.5. The number of carbonyl (C=O) groups excluding carboxylic acids is 8. The summed E-state index contributed by atoms with van der Waals surface area (Å²) in [7, 11) is 0. The first-order chi connectivity index (χ1) is 48.7. The van der Waals surface area contributed by atoms with Crippen molar-refractivity contribution in [1.82, 2.24) is 0 Å². The van der Waals surface area contributed by atoms with Crippen molar-refractivity contribution in [2.75, 3.05) is 19.8 Å². The van der Waals surface area contributed by atoms with Crippen LogP contribution in [0.2, 0.25) is 0 Å². The Morgan fingerprint density at radius 2 is 0.580 bits per heavy atom. The Morgan fingerprint density at radius 1 is 0.300 bits per heavy atom. The van der Waals surface area contributed by atoms with E-state index in [1.165, 1.54) is 104 Å². The van der Waals surface area contributed by atoms with Crippen LogP contribution in [0.25, 0.3) is 0 Å². The molecule has 4 fully saturated rings. The highest BCUT2D eigenvalue weighted by atomic mass is 16.8. The number of rotatable bonds is 23. The van der Waals surface area contributed by atoms with E-state index in [9.17, 15) is 43.5 Å². The summed E-state index contributed by atoms with van der Waals surface area (Å²) in [5.74, 6) is -7.56. The van der Waals surface area contributed by atoms with E-state index < -0.39 is 166 Å². The second kappa shape index (κ2) is 32.7. The molecule has 8 aromatic carbocycles. The summed E-state index contributed by atoms with van der Waals surface area (Å²) in [6.07, 6.45) is -27.3. The molecule has 0 radical (unpaired) electrons. The van der Waals surface area contributed by atoms with Crippen LogP contribution in [0.3, 0.4) is 0 Å². The van der Waals surface area contributed by atoms with Gasteiger partial charge in [0.25, 0.3) is 0 Å². The first-order valence-electron chi connectivity index (χ1n) is 32.0. The molecule has 4 aliphatic rings. The molecule has 12 rings (SSSR count). The minimum absolute atomic E-state index is 0.00267. The largest absolute Gasteiger partial charge is 0.459 e. The SMILES string of the molecule is CC1O[C@H]2O[C@H](CO[C@H]3O[C@H](COC(=O)c4ccccc4)[C@@H](OC(=O)c4ccccc4)[C@H](OC(=O)c4ccccc4)[C@@H]3OC(=O)c3ccccc3)[C@@H](O)[C@H](O[C@H]3O[C@H](COC(=O)c4ccccc4)[C@@H](OC(=O)c4ccccc4)[C@H](OC(=O)c4ccccc4)[C@@H]3OC(=O)c3ccccc3)[C@H]2O1. The second-order valence-corrected chi connectivity index (χ2v) is 23.2. The smallest absolute Gasteiger partial charge is 0.338 e. The molecule has 1 unspecified atom stereocenters. The average Bonchev–Trinajstić information content (AvgIpc) is 1.18. The van der Waals surface area contributed by atoms with Gasteiger partial charge in [-0.1, -0.05) is 146 Å². The first kappa shape index (κ1) is 69.1. The Morgan fingerprint density at radius 3 is 0.910 bits per heavy atom. The van der Waals surface area contributed by atoms with Crippen molar-refractivity contribution in [3.05, 3.63) is 287 Å². The van der Waals surface area contributed by atoms with Crippen LogP contribution in [0.15, 0.2) is 243 Å².